The van der Waals surface area contributed by atoms with Crippen LogP contribution < -0.4 is 5.56 Å². The van der Waals surface area contributed by atoms with Gasteiger partial charge in [0.15, 0.2) is 5.82 Å². The van der Waals surface area contributed by atoms with Crippen molar-refractivity contribution >= 4 is 22.2 Å². The van der Waals surface area contributed by atoms with Crippen LogP contribution in [0, 0.1) is 13.8 Å². The van der Waals surface area contributed by atoms with Gasteiger partial charge in [-0.05, 0) is 70.4 Å². The normalized spacial score (nSPS) is 11.6. The Morgan fingerprint density at radius 3 is 2.82 bits per heavy atom. The van der Waals surface area contributed by atoms with E-state index in [0.717, 1.165) is 27.8 Å². The molecule has 1 N–H and O–H groups in total. The van der Waals surface area contributed by atoms with Crippen molar-refractivity contribution < 1.29 is 4.42 Å². The molecule has 0 saturated carbocycles. The van der Waals surface area contributed by atoms with Gasteiger partial charge in [0, 0.05) is 23.5 Å². The number of aromatic nitrogens is 5. The lowest BCUT2D eigenvalue weighted by molar-refractivity contribution is 0.237. The van der Waals surface area contributed by atoms with Crippen molar-refractivity contribution in [2.24, 2.45) is 0 Å². The molecule has 8 nitrogen and oxygen atoms in total. The molecule has 33 heavy (non-hydrogen) atoms. The zero-order chi connectivity index (χ0) is 22.8. The largest absolute Gasteiger partial charge is 0.467 e. The van der Waals surface area contributed by atoms with Gasteiger partial charge in [-0.1, -0.05) is 18.2 Å². The summed E-state index contributed by atoms with van der Waals surface area (Å²) in [6.45, 7) is 6.21. The molecular weight excluding hydrogens is 436 g/mol. The second-order valence-corrected chi connectivity index (χ2v) is 9.18. The van der Waals surface area contributed by atoms with E-state index >= 15 is 0 Å². The van der Waals surface area contributed by atoms with E-state index in [-0.39, 0.29) is 5.56 Å². The zero-order valence-corrected chi connectivity index (χ0v) is 19.3. The van der Waals surface area contributed by atoms with Gasteiger partial charge in [-0.2, -0.15) is 0 Å². The molecule has 0 bridgehead atoms. The highest BCUT2D eigenvalue weighted by Crippen LogP contribution is 2.21. The van der Waals surface area contributed by atoms with E-state index < -0.39 is 0 Å². The van der Waals surface area contributed by atoms with Crippen molar-refractivity contribution in [2.45, 2.75) is 40.0 Å². The van der Waals surface area contributed by atoms with Gasteiger partial charge in [0.2, 0.25) is 0 Å². The lowest BCUT2D eigenvalue weighted by Gasteiger charge is -2.21. The summed E-state index contributed by atoms with van der Waals surface area (Å²) in [6.07, 6.45) is 1.64. The van der Waals surface area contributed by atoms with Gasteiger partial charge in [0.1, 0.15) is 12.3 Å². The molecule has 0 amide bonds. The molecular formula is C24H24N6O2S. The highest BCUT2D eigenvalue weighted by atomic mass is 32.1. The number of aryl methyl sites for hydroxylation is 2. The second-order valence-electron chi connectivity index (χ2n) is 8.15. The van der Waals surface area contributed by atoms with E-state index in [2.05, 4.69) is 55.9 Å². The number of H-pyrrole nitrogens is 1. The molecule has 4 heterocycles. The van der Waals surface area contributed by atoms with Crippen LogP contribution in [0.2, 0.25) is 0 Å². The van der Waals surface area contributed by atoms with Crippen LogP contribution in [0.3, 0.4) is 0 Å². The Hall–Kier alpha value is -3.56. The topological polar surface area (TPSA) is 92.8 Å². The molecule has 0 spiro atoms. The first-order valence-corrected chi connectivity index (χ1v) is 11.6. The Bertz CT molecular complexity index is 1420. The maximum Gasteiger partial charge on any atom is 0.252 e. The van der Waals surface area contributed by atoms with Gasteiger partial charge in [-0.15, -0.1) is 16.4 Å². The third kappa shape index (κ3) is 4.64. The molecule has 0 aliphatic rings. The smallest absolute Gasteiger partial charge is 0.252 e. The molecule has 0 aliphatic carbocycles. The van der Waals surface area contributed by atoms with Crippen molar-refractivity contribution in [3.05, 3.63) is 97.6 Å². The lowest BCUT2D eigenvalue weighted by Crippen LogP contribution is -2.28. The predicted molar refractivity (Wildman–Crippen MR) is 127 cm³/mol. The van der Waals surface area contributed by atoms with Crippen LogP contribution in [0.4, 0.5) is 0 Å². The Balaban J connectivity index is 1.44. The number of fused-ring (bicyclic) bond motifs is 1. The molecule has 168 valence electrons. The average Bonchev–Trinajstić information content (AvgIpc) is 3.57. The van der Waals surface area contributed by atoms with Gasteiger partial charge >= 0.3 is 0 Å². The molecule has 0 radical (unpaired) electrons. The number of tetrazole rings is 1. The second kappa shape index (κ2) is 9.13. The molecule has 0 saturated heterocycles. The number of nitrogens with one attached hydrogen (secondary N) is 1. The summed E-state index contributed by atoms with van der Waals surface area (Å²) in [5, 5.41) is 15.3. The number of furan rings is 1. The zero-order valence-electron chi connectivity index (χ0n) is 18.5. The Morgan fingerprint density at radius 2 is 2.03 bits per heavy atom. The third-order valence-corrected chi connectivity index (χ3v) is 6.70. The number of pyridine rings is 1. The third-order valence-electron chi connectivity index (χ3n) is 5.84. The van der Waals surface area contributed by atoms with Gasteiger partial charge in [-0.3, -0.25) is 9.69 Å². The quantitative estimate of drug-likeness (QED) is 0.376. The van der Waals surface area contributed by atoms with E-state index in [9.17, 15) is 4.79 Å². The van der Waals surface area contributed by atoms with Crippen molar-refractivity contribution in [3.63, 3.8) is 0 Å². The number of benzene rings is 1. The van der Waals surface area contributed by atoms with E-state index in [1.165, 1.54) is 4.88 Å². The fourth-order valence-electron chi connectivity index (χ4n) is 3.93. The molecule has 0 aliphatic heterocycles. The van der Waals surface area contributed by atoms with Crippen molar-refractivity contribution in [2.75, 3.05) is 0 Å². The lowest BCUT2D eigenvalue weighted by atomic mass is 10.0. The monoisotopic (exact) mass is 460 g/mol. The van der Waals surface area contributed by atoms with Crippen molar-refractivity contribution in [1.29, 1.82) is 0 Å². The van der Waals surface area contributed by atoms with E-state index in [0.29, 0.717) is 37.6 Å². The number of thiophene rings is 1. The Labute approximate surface area is 194 Å². The number of hydrogen-bond donors (Lipinski definition) is 1. The first kappa shape index (κ1) is 21.3. The highest BCUT2D eigenvalue weighted by Gasteiger charge is 2.17. The van der Waals surface area contributed by atoms with Crippen LogP contribution in [0.5, 0.6) is 0 Å². The SMILES string of the molecule is Cc1ccc2cc(CN(Cc3cccs3)Cc3nnnn3Cc3ccco3)c(=O)[nH]c2c1C. The summed E-state index contributed by atoms with van der Waals surface area (Å²) in [6, 6.07) is 14.0. The minimum absolute atomic E-state index is 0.0671. The first-order valence-electron chi connectivity index (χ1n) is 10.7. The molecule has 0 atom stereocenters. The van der Waals surface area contributed by atoms with Crippen LogP contribution in [-0.4, -0.2) is 30.1 Å². The van der Waals surface area contributed by atoms with Gasteiger partial charge in [-0.25, -0.2) is 4.68 Å². The van der Waals surface area contributed by atoms with E-state index in [1.54, 1.807) is 22.3 Å². The molecule has 4 aromatic heterocycles. The van der Waals surface area contributed by atoms with Gasteiger partial charge in [0.05, 0.1) is 18.3 Å². The maximum atomic E-state index is 13.0. The minimum Gasteiger partial charge on any atom is -0.467 e. The fraction of sp³-hybridized carbons (Fsp3) is 0.250. The van der Waals surface area contributed by atoms with Crippen LogP contribution >= 0.6 is 11.3 Å². The van der Waals surface area contributed by atoms with Crippen molar-refractivity contribution in [3.8, 4) is 0 Å². The van der Waals surface area contributed by atoms with Gasteiger partial charge in [0.25, 0.3) is 5.56 Å². The molecule has 1 aromatic carbocycles. The number of hydrogen-bond acceptors (Lipinski definition) is 7. The van der Waals surface area contributed by atoms with Crippen molar-refractivity contribution in [1.82, 2.24) is 30.1 Å². The summed E-state index contributed by atoms with van der Waals surface area (Å²) in [5.74, 6) is 1.50. The predicted octanol–water partition coefficient (Wildman–Crippen LogP) is 4.04. The van der Waals surface area contributed by atoms with E-state index in [4.69, 9.17) is 4.42 Å². The number of aromatic amines is 1. The van der Waals surface area contributed by atoms with Crippen LogP contribution in [0.15, 0.2) is 63.3 Å². The summed E-state index contributed by atoms with van der Waals surface area (Å²) in [5.41, 5.74) is 3.81. The summed E-state index contributed by atoms with van der Waals surface area (Å²) < 4.78 is 7.18. The number of nitrogens with zero attached hydrogens (tertiary/aromatic N) is 5. The highest BCUT2D eigenvalue weighted by molar-refractivity contribution is 7.09. The maximum absolute atomic E-state index is 13.0. The van der Waals surface area contributed by atoms with Crippen LogP contribution in [0.25, 0.3) is 10.9 Å². The summed E-state index contributed by atoms with van der Waals surface area (Å²) >= 11 is 1.69. The molecule has 9 heteroatoms. The molecule has 5 rings (SSSR count). The standard InChI is InChI=1S/C24H24N6O2S/c1-16-7-8-18-11-19(24(31)25-23(18)17(16)2)12-29(14-21-6-4-10-33-21)15-22-26-27-28-30(22)13-20-5-3-9-32-20/h3-11H,12-15H2,1-2H3,(H,25,31). The molecule has 0 unspecified atom stereocenters. The first-order chi connectivity index (χ1) is 16.1. The summed E-state index contributed by atoms with van der Waals surface area (Å²) in [7, 11) is 0. The Morgan fingerprint density at radius 1 is 1.12 bits per heavy atom. The summed E-state index contributed by atoms with van der Waals surface area (Å²) in [4.78, 5) is 19.5. The minimum atomic E-state index is -0.0671. The van der Waals surface area contributed by atoms with Gasteiger partial charge < -0.3 is 9.40 Å². The van der Waals surface area contributed by atoms with Crippen LogP contribution in [0.1, 0.15) is 33.2 Å². The van der Waals surface area contributed by atoms with E-state index in [1.807, 2.05) is 31.2 Å². The fourth-order valence-corrected chi connectivity index (χ4v) is 4.67. The molecule has 0 fully saturated rings. The Kier molecular flexibility index (Phi) is 5.89. The number of rotatable bonds is 8. The molecule has 5 aromatic rings. The average molecular weight is 461 g/mol. The van der Waals surface area contributed by atoms with Crippen LogP contribution in [-0.2, 0) is 26.2 Å².